The summed E-state index contributed by atoms with van der Waals surface area (Å²) >= 11 is 0. The Bertz CT molecular complexity index is 607. The lowest BCUT2D eigenvalue weighted by Gasteiger charge is -2.28. The summed E-state index contributed by atoms with van der Waals surface area (Å²) in [5, 5.41) is 7.60. The average molecular weight is 310 g/mol. The van der Waals surface area contributed by atoms with Gasteiger partial charge >= 0.3 is 10.2 Å². The number of anilines is 1. The zero-order valence-corrected chi connectivity index (χ0v) is 13.1. The Morgan fingerprint density at radius 2 is 1.76 bits per heavy atom. The first-order chi connectivity index (χ1) is 9.94. The average Bonchev–Trinajstić information content (AvgIpc) is 2.76. The van der Waals surface area contributed by atoms with Gasteiger partial charge in [-0.1, -0.05) is 25.0 Å². The topological polar surface area (TPSA) is 90.5 Å². The predicted octanol–water partition coefficient (Wildman–Crippen LogP) is 1.53. The maximum atomic E-state index is 12.8. The molecule has 0 amide bonds. The summed E-state index contributed by atoms with van der Waals surface area (Å²) in [6, 6.07) is 6.82. The van der Waals surface area contributed by atoms with Crippen LogP contribution in [0.1, 0.15) is 31.2 Å². The summed E-state index contributed by atoms with van der Waals surface area (Å²) < 4.78 is 28.3. The smallest absolute Gasteiger partial charge is 0.303 e. The molecule has 1 fully saturated rings. The van der Waals surface area contributed by atoms with E-state index in [4.69, 9.17) is 11.1 Å². The Morgan fingerprint density at radius 1 is 1.19 bits per heavy atom. The first-order valence-corrected chi connectivity index (χ1v) is 8.51. The molecule has 0 bridgehead atoms. The van der Waals surface area contributed by atoms with Crippen LogP contribution in [-0.4, -0.2) is 38.7 Å². The molecule has 1 aliphatic heterocycles. The second-order valence-electron chi connectivity index (χ2n) is 5.22. The molecule has 0 aromatic heterocycles. The first kappa shape index (κ1) is 15.8. The van der Waals surface area contributed by atoms with Gasteiger partial charge in [0.25, 0.3) is 0 Å². The highest BCUT2D eigenvalue weighted by Gasteiger charge is 2.29. The van der Waals surface area contributed by atoms with Crippen molar-refractivity contribution in [3.8, 4) is 0 Å². The van der Waals surface area contributed by atoms with Crippen molar-refractivity contribution < 1.29 is 8.42 Å². The Labute approximate surface area is 126 Å². The number of nitrogens with two attached hydrogens (primary N) is 1. The van der Waals surface area contributed by atoms with Crippen LogP contribution in [0.2, 0.25) is 0 Å². The Kier molecular flexibility index (Phi) is 4.84. The van der Waals surface area contributed by atoms with Gasteiger partial charge in [-0.3, -0.25) is 9.71 Å². The largest absolute Gasteiger partial charge is 0.384 e. The molecule has 0 aliphatic carbocycles. The Morgan fingerprint density at radius 3 is 2.33 bits per heavy atom. The maximum absolute atomic E-state index is 12.8. The second kappa shape index (κ2) is 6.44. The highest BCUT2D eigenvalue weighted by Crippen LogP contribution is 2.24. The van der Waals surface area contributed by atoms with E-state index < -0.39 is 10.2 Å². The lowest BCUT2D eigenvalue weighted by molar-refractivity contribution is 0.422. The third-order valence-electron chi connectivity index (χ3n) is 3.77. The van der Waals surface area contributed by atoms with E-state index in [2.05, 4.69) is 0 Å². The molecule has 0 radical (unpaired) electrons. The summed E-state index contributed by atoms with van der Waals surface area (Å²) in [6.07, 6.45) is 3.92. The maximum Gasteiger partial charge on any atom is 0.303 e. The summed E-state index contributed by atoms with van der Waals surface area (Å²) in [5.41, 5.74) is 6.42. The van der Waals surface area contributed by atoms with Crippen molar-refractivity contribution in [3.63, 3.8) is 0 Å². The van der Waals surface area contributed by atoms with Gasteiger partial charge in [-0.15, -0.1) is 0 Å². The van der Waals surface area contributed by atoms with Crippen molar-refractivity contribution >= 4 is 21.7 Å². The van der Waals surface area contributed by atoms with Crippen molar-refractivity contribution in [2.75, 3.05) is 24.4 Å². The minimum absolute atomic E-state index is 0.136. The van der Waals surface area contributed by atoms with Crippen molar-refractivity contribution in [1.29, 1.82) is 5.41 Å². The van der Waals surface area contributed by atoms with E-state index in [1.165, 1.54) is 15.7 Å². The highest BCUT2D eigenvalue weighted by molar-refractivity contribution is 7.90. The minimum Gasteiger partial charge on any atom is -0.384 e. The summed E-state index contributed by atoms with van der Waals surface area (Å²) in [5.74, 6) is -0.136. The molecule has 0 atom stereocenters. The standard InChI is InChI=1S/C14H22N4O2S/c1-17(13-9-5-4-8-12(13)14(15)16)21(19,20)18-10-6-2-3-7-11-18/h4-5,8-9H,2-3,6-7,10-11H2,1H3,(H3,15,16). The number of rotatable bonds is 4. The fourth-order valence-corrected chi connectivity index (χ4v) is 4.02. The number of nitrogens with one attached hydrogen (secondary N) is 1. The third kappa shape index (κ3) is 3.36. The van der Waals surface area contributed by atoms with Crippen LogP contribution >= 0.6 is 0 Å². The molecule has 1 aromatic carbocycles. The molecule has 6 nitrogen and oxygen atoms in total. The van der Waals surface area contributed by atoms with Gasteiger partial charge in [-0.2, -0.15) is 12.7 Å². The van der Waals surface area contributed by atoms with Crippen molar-refractivity contribution in [1.82, 2.24) is 4.31 Å². The zero-order valence-electron chi connectivity index (χ0n) is 12.2. The van der Waals surface area contributed by atoms with Crippen LogP contribution in [0, 0.1) is 5.41 Å². The van der Waals surface area contributed by atoms with Crippen LogP contribution in [-0.2, 0) is 10.2 Å². The monoisotopic (exact) mass is 310 g/mol. The van der Waals surface area contributed by atoms with Gasteiger partial charge in [0.05, 0.1) is 5.69 Å². The third-order valence-corrected chi connectivity index (χ3v) is 5.68. The molecule has 0 unspecified atom stereocenters. The molecule has 1 aromatic rings. The fraction of sp³-hybridized carbons (Fsp3) is 0.500. The van der Waals surface area contributed by atoms with Crippen molar-refractivity contribution in [3.05, 3.63) is 29.8 Å². The normalized spacial score (nSPS) is 17.2. The van der Waals surface area contributed by atoms with Crippen LogP contribution in [0.5, 0.6) is 0 Å². The second-order valence-corrected chi connectivity index (χ2v) is 7.18. The highest BCUT2D eigenvalue weighted by atomic mass is 32.2. The van der Waals surface area contributed by atoms with Gasteiger partial charge in [-0.05, 0) is 25.0 Å². The molecule has 7 heteroatoms. The molecule has 21 heavy (non-hydrogen) atoms. The van der Waals surface area contributed by atoms with E-state index in [1.807, 2.05) is 0 Å². The minimum atomic E-state index is -3.58. The van der Waals surface area contributed by atoms with Crippen LogP contribution in [0.4, 0.5) is 5.69 Å². The number of para-hydroxylation sites is 1. The molecule has 2 rings (SSSR count). The Balaban J connectivity index is 2.33. The van der Waals surface area contributed by atoms with Gasteiger partial charge < -0.3 is 5.73 Å². The summed E-state index contributed by atoms with van der Waals surface area (Å²) in [4.78, 5) is 0. The Hall–Kier alpha value is -1.60. The van der Waals surface area contributed by atoms with Gasteiger partial charge in [-0.25, -0.2) is 0 Å². The number of benzene rings is 1. The van der Waals surface area contributed by atoms with Gasteiger partial charge in [0.15, 0.2) is 0 Å². The summed E-state index contributed by atoms with van der Waals surface area (Å²) in [7, 11) is -2.06. The molecular formula is C14H22N4O2S. The predicted molar refractivity (Wildman–Crippen MR) is 84.8 cm³/mol. The van der Waals surface area contributed by atoms with Crippen molar-refractivity contribution in [2.24, 2.45) is 5.73 Å². The number of hydrogen-bond acceptors (Lipinski definition) is 3. The molecule has 3 N–H and O–H groups in total. The number of hydrogen-bond donors (Lipinski definition) is 2. The zero-order chi connectivity index (χ0) is 15.5. The first-order valence-electron chi connectivity index (χ1n) is 7.12. The number of nitrogens with zero attached hydrogens (tertiary/aromatic N) is 2. The van der Waals surface area contributed by atoms with E-state index >= 15 is 0 Å². The van der Waals surface area contributed by atoms with Crippen LogP contribution in [0.25, 0.3) is 0 Å². The van der Waals surface area contributed by atoms with Gasteiger partial charge in [0.1, 0.15) is 5.84 Å². The SMILES string of the molecule is CN(c1ccccc1C(=N)N)S(=O)(=O)N1CCCCCC1. The fourth-order valence-electron chi connectivity index (χ4n) is 2.55. The van der Waals surface area contributed by atoms with Crippen molar-refractivity contribution in [2.45, 2.75) is 25.7 Å². The van der Waals surface area contributed by atoms with E-state index in [0.717, 1.165) is 25.7 Å². The molecule has 116 valence electrons. The van der Waals surface area contributed by atoms with Gasteiger partial charge in [0, 0.05) is 25.7 Å². The van der Waals surface area contributed by atoms with Crippen LogP contribution in [0.15, 0.2) is 24.3 Å². The van der Waals surface area contributed by atoms with E-state index in [-0.39, 0.29) is 5.84 Å². The molecule has 1 saturated heterocycles. The summed E-state index contributed by atoms with van der Waals surface area (Å²) in [6.45, 7) is 1.10. The van der Waals surface area contributed by atoms with Crippen LogP contribution in [0.3, 0.4) is 0 Å². The quantitative estimate of drug-likeness (QED) is 0.652. The molecule has 0 spiro atoms. The number of amidine groups is 1. The van der Waals surface area contributed by atoms with Gasteiger partial charge in [0.2, 0.25) is 0 Å². The molecule has 0 saturated carbocycles. The molecule has 1 heterocycles. The van der Waals surface area contributed by atoms with Crippen LogP contribution < -0.4 is 10.0 Å². The van der Waals surface area contributed by atoms with E-state index in [0.29, 0.717) is 24.3 Å². The lowest BCUT2D eigenvalue weighted by atomic mass is 10.1. The van der Waals surface area contributed by atoms with E-state index in [9.17, 15) is 8.42 Å². The van der Waals surface area contributed by atoms with E-state index in [1.54, 1.807) is 24.3 Å². The molecule has 1 aliphatic rings. The molecular weight excluding hydrogens is 288 g/mol. The lowest BCUT2D eigenvalue weighted by Crippen LogP contribution is -2.43. The number of nitrogen functional groups attached to an aromatic ring is 1.